The van der Waals surface area contributed by atoms with Crippen molar-refractivity contribution >= 4 is 40.7 Å². The highest BCUT2D eigenvalue weighted by atomic mass is 35.5. The van der Waals surface area contributed by atoms with Crippen molar-refractivity contribution < 1.29 is 4.79 Å². The Balaban J connectivity index is 2.64. The van der Waals surface area contributed by atoms with E-state index < -0.39 is 0 Å². The van der Waals surface area contributed by atoms with Crippen molar-refractivity contribution in [2.45, 2.75) is 17.9 Å². The zero-order valence-electron chi connectivity index (χ0n) is 7.51. The Morgan fingerprint density at radius 2 is 2.00 bits per heavy atom. The predicted octanol–water partition coefficient (Wildman–Crippen LogP) is 3.81. The molecule has 1 aromatic carbocycles. The Morgan fingerprint density at radius 1 is 1.36 bits per heavy atom. The van der Waals surface area contributed by atoms with E-state index in [0.717, 1.165) is 11.3 Å². The standard InChI is InChI=1S/C10H8Cl2OS/c1-5-10(13)9-6(4-14-5)7(11)2-3-8(9)12/h2-3,5H,4H2,1H3. The zero-order chi connectivity index (χ0) is 10.3. The molecule has 1 aromatic rings. The largest absolute Gasteiger partial charge is 0.293 e. The van der Waals surface area contributed by atoms with E-state index in [1.165, 1.54) is 0 Å². The first-order chi connectivity index (χ1) is 6.61. The highest BCUT2D eigenvalue weighted by molar-refractivity contribution is 8.00. The molecule has 0 N–H and O–H groups in total. The lowest BCUT2D eigenvalue weighted by atomic mass is 10.0. The molecule has 0 aromatic heterocycles. The maximum Gasteiger partial charge on any atom is 0.177 e. The van der Waals surface area contributed by atoms with Crippen LogP contribution < -0.4 is 0 Å². The van der Waals surface area contributed by atoms with Crippen LogP contribution in [0.2, 0.25) is 10.0 Å². The van der Waals surface area contributed by atoms with Crippen molar-refractivity contribution in [3.8, 4) is 0 Å². The van der Waals surface area contributed by atoms with E-state index in [2.05, 4.69) is 0 Å². The van der Waals surface area contributed by atoms with Gasteiger partial charge in [-0.05, 0) is 24.6 Å². The minimum Gasteiger partial charge on any atom is -0.293 e. The summed E-state index contributed by atoms with van der Waals surface area (Å²) in [7, 11) is 0. The topological polar surface area (TPSA) is 17.1 Å². The second-order valence-electron chi connectivity index (χ2n) is 3.20. The smallest absolute Gasteiger partial charge is 0.177 e. The molecule has 0 saturated carbocycles. The second-order valence-corrected chi connectivity index (χ2v) is 5.34. The van der Waals surface area contributed by atoms with E-state index in [1.807, 2.05) is 6.92 Å². The van der Waals surface area contributed by atoms with E-state index in [-0.39, 0.29) is 11.0 Å². The van der Waals surface area contributed by atoms with Gasteiger partial charge in [0.05, 0.1) is 10.3 Å². The number of hydrogen-bond acceptors (Lipinski definition) is 2. The Morgan fingerprint density at radius 3 is 2.71 bits per heavy atom. The van der Waals surface area contributed by atoms with Gasteiger partial charge in [-0.15, -0.1) is 11.8 Å². The van der Waals surface area contributed by atoms with Gasteiger partial charge in [0.2, 0.25) is 0 Å². The van der Waals surface area contributed by atoms with Gasteiger partial charge in [-0.2, -0.15) is 0 Å². The number of thioether (sulfide) groups is 1. The van der Waals surface area contributed by atoms with Gasteiger partial charge in [-0.1, -0.05) is 23.2 Å². The minimum absolute atomic E-state index is 0.0153. The van der Waals surface area contributed by atoms with Crippen LogP contribution in [0.15, 0.2) is 12.1 Å². The molecule has 0 amide bonds. The molecule has 0 radical (unpaired) electrons. The van der Waals surface area contributed by atoms with E-state index in [9.17, 15) is 4.79 Å². The van der Waals surface area contributed by atoms with Crippen LogP contribution in [0.4, 0.5) is 0 Å². The summed E-state index contributed by atoms with van der Waals surface area (Å²) in [5, 5.41) is 1.14. The number of halogens is 2. The molecule has 1 aliphatic heterocycles. The summed E-state index contributed by atoms with van der Waals surface area (Å²) < 4.78 is 0. The van der Waals surface area contributed by atoms with Crippen LogP contribution in [-0.4, -0.2) is 11.0 Å². The van der Waals surface area contributed by atoms with Gasteiger partial charge in [0.25, 0.3) is 0 Å². The third-order valence-electron chi connectivity index (χ3n) is 2.30. The summed E-state index contributed by atoms with van der Waals surface area (Å²) in [6, 6.07) is 3.43. The minimum atomic E-state index is -0.0153. The van der Waals surface area contributed by atoms with Crippen molar-refractivity contribution in [3.05, 3.63) is 33.3 Å². The van der Waals surface area contributed by atoms with Gasteiger partial charge in [-0.25, -0.2) is 0 Å². The fourth-order valence-corrected chi connectivity index (χ4v) is 3.05. The van der Waals surface area contributed by atoms with Crippen LogP contribution in [-0.2, 0) is 5.75 Å². The molecule has 1 aliphatic rings. The third kappa shape index (κ3) is 1.56. The van der Waals surface area contributed by atoms with Gasteiger partial charge < -0.3 is 0 Å². The number of Topliss-reactive ketones (excluding diaryl/α,β-unsaturated/α-hetero) is 1. The molecule has 2 rings (SSSR count). The van der Waals surface area contributed by atoms with Gasteiger partial charge >= 0.3 is 0 Å². The Bertz CT molecular complexity index is 403. The van der Waals surface area contributed by atoms with E-state index in [4.69, 9.17) is 23.2 Å². The molecular formula is C10H8Cl2OS. The summed E-state index contributed by atoms with van der Waals surface area (Å²) >= 11 is 13.6. The number of hydrogen-bond donors (Lipinski definition) is 0. The molecule has 0 saturated heterocycles. The summed E-state index contributed by atoms with van der Waals surface area (Å²) in [6.07, 6.45) is 0. The van der Waals surface area contributed by atoms with Crippen LogP contribution in [0.3, 0.4) is 0 Å². The van der Waals surface area contributed by atoms with Crippen molar-refractivity contribution in [2.24, 2.45) is 0 Å². The monoisotopic (exact) mass is 246 g/mol. The maximum absolute atomic E-state index is 11.8. The van der Waals surface area contributed by atoms with Gasteiger partial charge in [0.1, 0.15) is 0 Å². The molecule has 74 valence electrons. The van der Waals surface area contributed by atoms with Crippen molar-refractivity contribution in [1.82, 2.24) is 0 Å². The average Bonchev–Trinajstić information content (AvgIpc) is 2.16. The number of benzene rings is 1. The fraction of sp³-hybridized carbons (Fsp3) is 0.300. The summed E-state index contributed by atoms with van der Waals surface area (Å²) in [5.41, 5.74) is 1.50. The first kappa shape index (κ1) is 10.3. The van der Waals surface area contributed by atoms with Crippen LogP contribution in [0.25, 0.3) is 0 Å². The number of rotatable bonds is 0. The Labute approximate surface area is 96.8 Å². The zero-order valence-corrected chi connectivity index (χ0v) is 9.84. The van der Waals surface area contributed by atoms with Crippen molar-refractivity contribution in [3.63, 3.8) is 0 Å². The number of ketones is 1. The summed E-state index contributed by atoms with van der Waals surface area (Å²) in [4.78, 5) is 11.8. The van der Waals surface area contributed by atoms with E-state index >= 15 is 0 Å². The SMILES string of the molecule is CC1SCc2c(Cl)ccc(Cl)c2C1=O. The molecule has 1 unspecified atom stereocenters. The molecule has 0 aliphatic carbocycles. The Hall–Kier alpha value is -0.180. The quantitative estimate of drug-likeness (QED) is 0.693. The lowest BCUT2D eigenvalue weighted by Crippen LogP contribution is -2.21. The van der Waals surface area contributed by atoms with E-state index in [1.54, 1.807) is 23.9 Å². The van der Waals surface area contributed by atoms with E-state index in [0.29, 0.717) is 15.6 Å². The van der Waals surface area contributed by atoms with Gasteiger partial charge in [0.15, 0.2) is 5.78 Å². The molecule has 0 bridgehead atoms. The molecule has 1 heterocycles. The molecule has 4 heteroatoms. The van der Waals surface area contributed by atoms with Gasteiger partial charge in [0, 0.05) is 16.3 Å². The first-order valence-electron chi connectivity index (χ1n) is 4.24. The summed E-state index contributed by atoms with van der Waals surface area (Å²) in [6.45, 7) is 1.90. The number of fused-ring (bicyclic) bond motifs is 1. The van der Waals surface area contributed by atoms with Crippen molar-refractivity contribution in [1.29, 1.82) is 0 Å². The predicted molar refractivity (Wildman–Crippen MR) is 61.5 cm³/mol. The molecule has 0 fully saturated rings. The lowest BCUT2D eigenvalue weighted by Gasteiger charge is -2.21. The van der Waals surface area contributed by atoms with Gasteiger partial charge in [-0.3, -0.25) is 4.79 Å². The number of carbonyl (C=O) groups is 1. The number of carbonyl (C=O) groups excluding carboxylic acids is 1. The molecule has 14 heavy (non-hydrogen) atoms. The summed E-state index contributed by atoms with van der Waals surface area (Å²) in [5.74, 6) is 0.852. The van der Waals surface area contributed by atoms with Crippen LogP contribution in [0, 0.1) is 0 Å². The lowest BCUT2D eigenvalue weighted by molar-refractivity contribution is 0.0992. The maximum atomic E-state index is 11.8. The van der Waals surface area contributed by atoms with Crippen LogP contribution in [0.1, 0.15) is 22.8 Å². The molecular weight excluding hydrogens is 239 g/mol. The Kier molecular flexibility index (Phi) is 2.78. The molecule has 0 spiro atoms. The van der Waals surface area contributed by atoms with Crippen LogP contribution >= 0.6 is 35.0 Å². The fourth-order valence-electron chi connectivity index (χ4n) is 1.49. The third-order valence-corrected chi connectivity index (χ3v) is 4.14. The average molecular weight is 247 g/mol. The first-order valence-corrected chi connectivity index (χ1v) is 6.04. The van der Waals surface area contributed by atoms with Crippen LogP contribution in [0.5, 0.6) is 0 Å². The second kappa shape index (κ2) is 3.76. The molecule has 1 atom stereocenters. The highest BCUT2D eigenvalue weighted by Crippen LogP contribution is 2.37. The normalized spacial score (nSPS) is 20.8. The molecule has 1 nitrogen and oxygen atoms in total. The highest BCUT2D eigenvalue weighted by Gasteiger charge is 2.28. The van der Waals surface area contributed by atoms with Crippen molar-refractivity contribution in [2.75, 3.05) is 0 Å².